The molecule has 4 heteroatoms. The Kier molecular flexibility index (Phi) is 2.94. The first-order valence-electron chi connectivity index (χ1n) is 4.54. The zero-order valence-electron chi connectivity index (χ0n) is 7.97. The van der Waals surface area contributed by atoms with Gasteiger partial charge in [-0.25, -0.2) is 9.97 Å². The van der Waals surface area contributed by atoms with Crippen LogP contribution in [0.2, 0.25) is 5.02 Å². The Bertz CT molecular complexity index is 427. The molecule has 0 aliphatic carbocycles. The van der Waals surface area contributed by atoms with Gasteiger partial charge in [-0.3, -0.25) is 0 Å². The zero-order valence-corrected chi connectivity index (χ0v) is 8.72. The molecule has 0 amide bonds. The molecule has 1 aromatic heterocycles. The van der Waals surface area contributed by atoms with Gasteiger partial charge < -0.3 is 5.73 Å². The van der Waals surface area contributed by atoms with E-state index in [0.29, 0.717) is 5.02 Å². The average molecular weight is 220 g/mol. The fourth-order valence-electron chi connectivity index (χ4n) is 1.33. The van der Waals surface area contributed by atoms with Crippen molar-refractivity contribution >= 4 is 11.6 Å². The molecule has 0 saturated heterocycles. The van der Waals surface area contributed by atoms with Gasteiger partial charge >= 0.3 is 0 Å². The molecule has 3 nitrogen and oxygen atoms in total. The lowest BCUT2D eigenvalue weighted by molar-refractivity contribution is 0.820. The fourth-order valence-corrected chi connectivity index (χ4v) is 1.45. The number of rotatable bonds is 2. The van der Waals surface area contributed by atoms with Crippen LogP contribution in [0.1, 0.15) is 17.3 Å². The molecule has 0 aliphatic heterocycles. The largest absolute Gasteiger partial charge is 0.319 e. The first-order valence-corrected chi connectivity index (χ1v) is 4.92. The van der Waals surface area contributed by atoms with E-state index >= 15 is 0 Å². The molecule has 1 aromatic carbocycles. The van der Waals surface area contributed by atoms with Gasteiger partial charge in [0, 0.05) is 11.2 Å². The molecule has 0 aliphatic rings. The van der Waals surface area contributed by atoms with Crippen molar-refractivity contribution in [3.8, 4) is 0 Å². The molecule has 15 heavy (non-hydrogen) atoms. The monoisotopic (exact) mass is 219 g/mol. The van der Waals surface area contributed by atoms with Crippen LogP contribution in [-0.2, 0) is 0 Å². The van der Waals surface area contributed by atoms with Crippen LogP contribution in [-0.4, -0.2) is 9.97 Å². The Balaban J connectivity index is 2.29. The van der Waals surface area contributed by atoms with E-state index in [1.165, 1.54) is 6.33 Å². The second kappa shape index (κ2) is 4.38. The maximum Gasteiger partial charge on any atom is 0.115 e. The summed E-state index contributed by atoms with van der Waals surface area (Å²) in [6.45, 7) is 0. The quantitative estimate of drug-likeness (QED) is 0.842. The van der Waals surface area contributed by atoms with Gasteiger partial charge in [-0.2, -0.15) is 0 Å². The number of nitrogens with two attached hydrogens (primary N) is 1. The van der Waals surface area contributed by atoms with Crippen molar-refractivity contribution in [2.24, 2.45) is 5.73 Å². The molecule has 76 valence electrons. The molecule has 2 N–H and O–H groups in total. The third-order valence-electron chi connectivity index (χ3n) is 2.15. The van der Waals surface area contributed by atoms with Crippen molar-refractivity contribution in [2.45, 2.75) is 6.04 Å². The molecule has 1 heterocycles. The van der Waals surface area contributed by atoms with Gasteiger partial charge in [0.25, 0.3) is 0 Å². The minimum absolute atomic E-state index is 0.231. The second-order valence-corrected chi connectivity index (χ2v) is 3.60. The van der Waals surface area contributed by atoms with Crippen molar-refractivity contribution in [1.29, 1.82) is 0 Å². The summed E-state index contributed by atoms with van der Waals surface area (Å²) in [5, 5.41) is 0.702. The molecule has 2 rings (SSSR count). The van der Waals surface area contributed by atoms with Crippen molar-refractivity contribution in [3.63, 3.8) is 0 Å². The summed E-state index contributed by atoms with van der Waals surface area (Å²) in [6.07, 6.45) is 3.17. The second-order valence-electron chi connectivity index (χ2n) is 3.16. The Hall–Kier alpha value is -1.45. The Morgan fingerprint density at radius 1 is 1.13 bits per heavy atom. The summed E-state index contributed by atoms with van der Waals surface area (Å²) in [4.78, 5) is 7.96. The van der Waals surface area contributed by atoms with Gasteiger partial charge in [-0.15, -0.1) is 0 Å². The maximum atomic E-state index is 6.03. The van der Waals surface area contributed by atoms with Crippen LogP contribution in [0.15, 0.2) is 42.9 Å². The summed E-state index contributed by atoms with van der Waals surface area (Å²) in [6, 6.07) is 9.00. The highest BCUT2D eigenvalue weighted by atomic mass is 35.5. The standard InChI is InChI=1S/C11H10ClN3/c12-9-3-1-8(2-4-9)11(13)10-5-6-14-7-15-10/h1-7,11H,13H2. The van der Waals surface area contributed by atoms with Crippen molar-refractivity contribution in [2.75, 3.05) is 0 Å². The van der Waals surface area contributed by atoms with E-state index in [1.54, 1.807) is 12.3 Å². The van der Waals surface area contributed by atoms with E-state index in [2.05, 4.69) is 9.97 Å². The van der Waals surface area contributed by atoms with E-state index in [4.69, 9.17) is 17.3 Å². The summed E-state index contributed by atoms with van der Waals surface area (Å²) in [5.41, 5.74) is 7.82. The summed E-state index contributed by atoms with van der Waals surface area (Å²) in [7, 11) is 0. The smallest absolute Gasteiger partial charge is 0.115 e. The van der Waals surface area contributed by atoms with Crippen LogP contribution < -0.4 is 5.73 Å². The molecule has 0 radical (unpaired) electrons. The summed E-state index contributed by atoms with van der Waals surface area (Å²) < 4.78 is 0. The predicted molar refractivity (Wildman–Crippen MR) is 59.5 cm³/mol. The lowest BCUT2D eigenvalue weighted by Gasteiger charge is -2.10. The van der Waals surface area contributed by atoms with E-state index in [0.717, 1.165) is 11.3 Å². The first kappa shape index (κ1) is 10.1. The maximum absolute atomic E-state index is 6.03. The Morgan fingerprint density at radius 3 is 2.47 bits per heavy atom. The van der Waals surface area contributed by atoms with Gasteiger partial charge in [0.2, 0.25) is 0 Å². The van der Waals surface area contributed by atoms with E-state index in [1.807, 2.05) is 24.3 Å². The lowest BCUT2D eigenvalue weighted by Crippen LogP contribution is -2.13. The number of hydrogen-bond acceptors (Lipinski definition) is 3. The van der Waals surface area contributed by atoms with Gasteiger partial charge in [0.05, 0.1) is 11.7 Å². The van der Waals surface area contributed by atoms with Crippen LogP contribution in [0.4, 0.5) is 0 Å². The van der Waals surface area contributed by atoms with Gasteiger partial charge in [0.1, 0.15) is 6.33 Å². The molecule has 0 saturated carbocycles. The van der Waals surface area contributed by atoms with Crippen LogP contribution in [0.3, 0.4) is 0 Å². The predicted octanol–water partition coefficient (Wildman–Crippen LogP) is 2.18. The van der Waals surface area contributed by atoms with Gasteiger partial charge in [-0.05, 0) is 23.8 Å². The number of hydrogen-bond donors (Lipinski definition) is 1. The van der Waals surface area contributed by atoms with E-state index in [-0.39, 0.29) is 6.04 Å². The van der Waals surface area contributed by atoms with Crippen LogP contribution in [0, 0.1) is 0 Å². The SMILES string of the molecule is NC(c1ccc(Cl)cc1)c1ccncn1. The average Bonchev–Trinajstić information content (AvgIpc) is 2.30. The third kappa shape index (κ3) is 2.32. The highest BCUT2D eigenvalue weighted by Crippen LogP contribution is 2.18. The Morgan fingerprint density at radius 2 is 1.87 bits per heavy atom. The molecule has 0 fully saturated rings. The minimum Gasteiger partial charge on any atom is -0.319 e. The number of benzene rings is 1. The molecular formula is C11H10ClN3. The molecule has 2 aromatic rings. The van der Waals surface area contributed by atoms with Gasteiger partial charge in [-0.1, -0.05) is 23.7 Å². The van der Waals surface area contributed by atoms with Crippen LogP contribution in [0.25, 0.3) is 0 Å². The topological polar surface area (TPSA) is 51.8 Å². The van der Waals surface area contributed by atoms with Crippen molar-refractivity contribution in [1.82, 2.24) is 9.97 Å². The molecule has 1 unspecified atom stereocenters. The number of nitrogens with zero attached hydrogens (tertiary/aromatic N) is 2. The molecular weight excluding hydrogens is 210 g/mol. The van der Waals surface area contributed by atoms with E-state index < -0.39 is 0 Å². The molecule has 0 spiro atoms. The summed E-state index contributed by atoms with van der Waals surface area (Å²) >= 11 is 5.80. The van der Waals surface area contributed by atoms with Gasteiger partial charge in [0.15, 0.2) is 0 Å². The first-order chi connectivity index (χ1) is 7.27. The number of aromatic nitrogens is 2. The van der Waals surface area contributed by atoms with E-state index in [9.17, 15) is 0 Å². The van der Waals surface area contributed by atoms with Crippen LogP contribution >= 0.6 is 11.6 Å². The zero-order chi connectivity index (χ0) is 10.7. The Labute approximate surface area is 92.9 Å². The number of halogens is 1. The highest BCUT2D eigenvalue weighted by Gasteiger charge is 2.09. The van der Waals surface area contributed by atoms with Crippen molar-refractivity contribution < 1.29 is 0 Å². The normalized spacial score (nSPS) is 12.4. The lowest BCUT2D eigenvalue weighted by atomic mass is 10.1. The molecule has 1 atom stereocenters. The highest BCUT2D eigenvalue weighted by molar-refractivity contribution is 6.30. The summed E-state index contributed by atoms with van der Waals surface area (Å²) in [5.74, 6) is 0. The fraction of sp³-hybridized carbons (Fsp3) is 0.0909. The third-order valence-corrected chi connectivity index (χ3v) is 2.40. The van der Waals surface area contributed by atoms with Crippen LogP contribution in [0.5, 0.6) is 0 Å². The van der Waals surface area contributed by atoms with Crippen molar-refractivity contribution in [3.05, 3.63) is 59.1 Å². The minimum atomic E-state index is -0.231. The molecule has 0 bridgehead atoms.